The van der Waals surface area contributed by atoms with Crippen LogP contribution in [0.15, 0.2) is 18.2 Å². The second kappa shape index (κ2) is 4.97. The molecule has 1 fully saturated rings. The number of carbonyl (C=O) groups excluding carboxylic acids is 1. The minimum atomic E-state index is 0.0602. The Morgan fingerprint density at radius 1 is 1.23 bits per heavy atom. The smallest absolute Gasteiger partial charge is 0.226 e. The molecular weight excluding hydrogens is 274 g/mol. The molecule has 2 heterocycles. The van der Waals surface area contributed by atoms with Crippen LogP contribution in [0.4, 0.5) is 5.82 Å². The first-order valence-electron chi connectivity index (χ1n) is 8.08. The Hall–Kier alpha value is -2.10. The molecule has 2 N–H and O–H groups in total. The van der Waals surface area contributed by atoms with Gasteiger partial charge in [-0.25, -0.2) is 0 Å². The van der Waals surface area contributed by atoms with E-state index in [0.29, 0.717) is 12.3 Å². The second-order valence-corrected chi connectivity index (χ2v) is 6.69. The maximum atomic E-state index is 12.1. The average molecular weight is 295 g/mol. The van der Waals surface area contributed by atoms with Crippen molar-refractivity contribution >= 4 is 11.7 Å². The van der Waals surface area contributed by atoms with Gasteiger partial charge in [0, 0.05) is 29.5 Å². The number of nitrogens with zero attached hydrogens (tertiary/aromatic N) is 1. The third kappa shape index (κ3) is 2.05. The van der Waals surface area contributed by atoms with Crippen molar-refractivity contribution in [2.24, 2.45) is 0 Å². The number of hydrogen-bond donors (Lipinski definition) is 2. The summed E-state index contributed by atoms with van der Waals surface area (Å²) >= 11 is 0. The minimum absolute atomic E-state index is 0.0602. The highest BCUT2D eigenvalue weighted by Gasteiger charge is 2.35. The fourth-order valence-electron chi connectivity index (χ4n) is 3.69. The van der Waals surface area contributed by atoms with E-state index in [9.17, 15) is 4.79 Å². The monoisotopic (exact) mass is 295 g/mol. The number of fused-ring (bicyclic) bond motifs is 1. The SMILES string of the molecule is Cc1ccc(C)c(C2CC(=O)Nc3n[nH]c(C4CCC4)c32)c1. The Bertz CT molecular complexity index is 743. The Morgan fingerprint density at radius 3 is 2.77 bits per heavy atom. The molecule has 1 aromatic carbocycles. The first kappa shape index (κ1) is 13.6. The van der Waals surface area contributed by atoms with Gasteiger partial charge in [-0.1, -0.05) is 30.2 Å². The Balaban J connectivity index is 1.85. The highest BCUT2D eigenvalue weighted by Crippen LogP contribution is 2.45. The summed E-state index contributed by atoms with van der Waals surface area (Å²) in [6.45, 7) is 4.24. The molecule has 0 saturated heterocycles. The Morgan fingerprint density at radius 2 is 2.05 bits per heavy atom. The van der Waals surface area contributed by atoms with E-state index in [1.807, 2.05) is 0 Å². The van der Waals surface area contributed by atoms with Crippen LogP contribution in [0.25, 0.3) is 0 Å². The van der Waals surface area contributed by atoms with E-state index in [4.69, 9.17) is 0 Å². The Kier molecular flexibility index (Phi) is 3.06. The number of carbonyl (C=O) groups is 1. The molecule has 2 aromatic rings. The van der Waals surface area contributed by atoms with Crippen LogP contribution in [-0.2, 0) is 4.79 Å². The van der Waals surface area contributed by atoms with Crippen LogP contribution in [0.2, 0.25) is 0 Å². The predicted octanol–water partition coefficient (Wildman–Crippen LogP) is 3.77. The van der Waals surface area contributed by atoms with E-state index in [1.54, 1.807) is 0 Å². The van der Waals surface area contributed by atoms with Gasteiger partial charge in [-0.2, -0.15) is 5.10 Å². The Labute approximate surface area is 130 Å². The average Bonchev–Trinajstić information content (AvgIpc) is 2.82. The number of amides is 1. The lowest BCUT2D eigenvalue weighted by atomic mass is 9.76. The lowest BCUT2D eigenvalue weighted by Crippen LogP contribution is -2.25. The van der Waals surface area contributed by atoms with E-state index in [1.165, 1.54) is 47.2 Å². The summed E-state index contributed by atoms with van der Waals surface area (Å²) in [6.07, 6.45) is 4.25. The first-order valence-corrected chi connectivity index (χ1v) is 8.08. The molecule has 0 spiro atoms. The molecule has 1 saturated carbocycles. The zero-order valence-corrected chi connectivity index (χ0v) is 13.1. The van der Waals surface area contributed by atoms with Crippen LogP contribution in [-0.4, -0.2) is 16.1 Å². The molecule has 1 aliphatic heterocycles. The van der Waals surface area contributed by atoms with Gasteiger partial charge in [-0.15, -0.1) is 0 Å². The van der Waals surface area contributed by atoms with Gasteiger partial charge in [-0.3, -0.25) is 9.89 Å². The zero-order valence-electron chi connectivity index (χ0n) is 13.1. The van der Waals surface area contributed by atoms with Crippen molar-refractivity contribution in [1.29, 1.82) is 0 Å². The molecule has 0 bridgehead atoms. The van der Waals surface area contributed by atoms with Crippen molar-refractivity contribution < 1.29 is 4.79 Å². The quantitative estimate of drug-likeness (QED) is 0.886. The largest absolute Gasteiger partial charge is 0.309 e. The molecule has 1 aliphatic carbocycles. The van der Waals surface area contributed by atoms with Crippen molar-refractivity contribution in [1.82, 2.24) is 10.2 Å². The molecule has 4 nitrogen and oxygen atoms in total. The fraction of sp³-hybridized carbons (Fsp3) is 0.444. The van der Waals surface area contributed by atoms with Crippen LogP contribution in [0.1, 0.15) is 65.5 Å². The molecule has 2 aliphatic rings. The maximum absolute atomic E-state index is 12.1. The van der Waals surface area contributed by atoms with E-state index in [2.05, 4.69) is 47.6 Å². The zero-order chi connectivity index (χ0) is 15.3. The van der Waals surface area contributed by atoms with Gasteiger partial charge in [-0.05, 0) is 37.8 Å². The predicted molar refractivity (Wildman–Crippen MR) is 86.2 cm³/mol. The van der Waals surface area contributed by atoms with Gasteiger partial charge in [0.2, 0.25) is 5.91 Å². The summed E-state index contributed by atoms with van der Waals surface area (Å²) in [4.78, 5) is 12.1. The number of hydrogen-bond acceptors (Lipinski definition) is 2. The normalized spacial score (nSPS) is 21.2. The molecule has 1 amide bonds. The number of anilines is 1. The van der Waals surface area contributed by atoms with Crippen LogP contribution >= 0.6 is 0 Å². The number of H-pyrrole nitrogens is 1. The number of aromatic nitrogens is 2. The minimum Gasteiger partial charge on any atom is -0.309 e. The number of aryl methyl sites for hydroxylation is 2. The molecule has 1 unspecified atom stereocenters. The summed E-state index contributed by atoms with van der Waals surface area (Å²) in [7, 11) is 0. The van der Waals surface area contributed by atoms with Crippen LogP contribution in [0.5, 0.6) is 0 Å². The van der Waals surface area contributed by atoms with Crippen molar-refractivity contribution in [3.05, 3.63) is 46.1 Å². The van der Waals surface area contributed by atoms with Gasteiger partial charge >= 0.3 is 0 Å². The van der Waals surface area contributed by atoms with Gasteiger partial charge in [0.1, 0.15) is 0 Å². The van der Waals surface area contributed by atoms with Crippen LogP contribution < -0.4 is 5.32 Å². The summed E-state index contributed by atoms with van der Waals surface area (Å²) in [5.74, 6) is 1.51. The van der Waals surface area contributed by atoms with Crippen LogP contribution in [0.3, 0.4) is 0 Å². The lowest BCUT2D eigenvalue weighted by Gasteiger charge is -2.30. The standard InChI is InChI=1S/C18H21N3O/c1-10-6-7-11(2)13(8-10)14-9-15(22)19-18-16(14)17(20-21-18)12-4-3-5-12/h6-8,12,14H,3-5,9H2,1-2H3,(H2,19,20,21,22). The van der Waals surface area contributed by atoms with E-state index >= 15 is 0 Å². The lowest BCUT2D eigenvalue weighted by molar-refractivity contribution is -0.116. The summed E-state index contributed by atoms with van der Waals surface area (Å²) in [6, 6.07) is 6.50. The fourth-order valence-corrected chi connectivity index (χ4v) is 3.69. The summed E-state index contributed by atoms with van der Waals surface area (Å²) < 4.78 is 0. The van der Waals surface area contributed by atoms with Crippen molar-refractivity contribution in [2.75, 3.05) is 5.32 Å². The molecule has 4 rings (SSSR count). The van der Waals surface area contributed by atoms with Crippen molar-refractivity contribution in [3.8, 4) is 0 Å². The van der Waals surface area contributed by atoms with E-state index < -0.39 is 0 Å². The van der Waals surface area contributed by atoms with E-state index in [0.717, 1.165) is 5.82 Å². The third-order valence-electron chi connectivity index (χ3n) is 5.15. The van der Waals surface area contributed by atoms with Gasteiger partial charge in [0.25, 0.3) is 0 Å². The highest BCUT2D eigenvalue weighted by atomic mass is 16.1. The first-order chi connectivity index (χ1) is 10.6. The number of benzene rings is 1. The molecule has 0 radical (unpaired) electrons. The topological polar surface area (TPSA) is 57.8 Å². The molecule has 22 heavy (non-hydrogen) atoms. The van der Waals surface area contributed by atoms with Crippen molar-refractivity contribution in [2.45, 2.75) is 51.4 Å². The molecular formula is C18H21N3O. The van der Waals surface area contributed by atoms with Crippen LogP contribution in [0, 0.1) is 13.8 Å². The number of rotatable bonds is 2. The summed E-state index contributed by atoms with van der Waals surface area (Å²) in [5, 5.41) is 10.5. The van der Waals surface area contributed by atoms with Gasteiger partial charge in [0.15, 0.2) is 5.82 Å². The molecule has 1 atom stereocenters. The highest BCUT2D eigenvalue weighted by molar-refractivity contribution is 5.94. The van der Waals surface area contributed by atoms with Crippen molar-refractivity contribution in [3.63, 3.8) is 0 Å². The second-order valence-electron chi connectivity index (χ2n) is 6.69. The van der Waals surface area contributed by atoms with E-state index in [-0.39, 0.29) is 11.8 Å². The van der Waals surface area contributed by atoms with Gasteiger partial charge in [0.05, 0.1) is 0 Å². The molecule has 114 valence electrons. The number of nitrogens with one attached hydrogen (secondary N) is 2. The molecule has 4 heteroatoms. The molecule has 1 aromatic heterocycles. The third-order valence-corrected chi connectivity index (χ3v) is 5.15. The number of aromatic amines is 1. The summed E-state index contributed by atoms with van der Waals surface area (Å²) in [5.41, 5.74) is 6.21. The van der Waals surface area contributed by atoms with Gasteiger partial charge < -0.3 is 5.32 Å². The maximum Gasteiger partial charge on any atom is 0.226 e.